The van der Waals surface area contributed by atoms with Crippen molar-refractivity contribution in [2.45, 2.75) is 19.9 Å². The fourth-order valence-corrected chi connectivity index (χ4v) is 3.74. The number of carbonyl (C=O) groups is 2. The predicted octanol–water partition coefficient (Wildman–Crippen LogP) is 1.19. The van der Waals surface area contributed by atoms with Crippen molar-refractivity contribution in [1.29, 1.82) is 0 Å². The van der Waals surface area contributed by atoms with Crippen LogP contribution in [0.25, 0.3) is 0 Å². The van der Waals surface area contributed by atoms with Gasteiger partial charge in [0.2, 0.25) is 5.91 Å². The SMILES string of the molecule is Cc1cc(CN2CCN(C(=O)CCN3CCSC3=O)CC2)on1. The molecule has 0 aliphatic carbocycles. The Morgan fingerprint density at radius 1 is 1.30 bits per heavy atom. The lowest BCUT2D eigenvalue weighted by atomic mass is 10.2. The molecule has 126 valence electrons. The van der Waals surface area contributed by atoms with Gasteiger partial charge in [0.05, 0.1) is 12.2 Å². The Hall–Kier alpha value is -1.54. The Kier molecular flexibility index (Phi) is 5.22. The number of aromatic nitrogens is 1. The van der Waals surface area contributed by atoms with Crippen molar-refractivity contribution in [2.75, 3.05) is 45.0 Å². The number of nitrogens with zero attached hydrogens (tertiary/aromatic N) is 4. The molecule has 1 aromatic heterocycles. The maximum Gasteiger partial charge on any atom is 0.281 e. The van der Waals surface area contributed by atoms with Gasteiger partial charge in [-0.1, -0.05) is 16.9 Å². The smallest absolute Gasteiger partial charge is 0.281 e. The van der Waals surface area contributed by atoms with Gasteiger partial charge in [-0.2, -0.15) is 0 Å². The molecule has 2 saturated heterocycles. The van der Waals surface area contributed by atoms with E-state index in [9.17, 15) is 9.59 Å². The van der Waals surface area contributed by atoms with Gasteiger partial charge in [0, 0.05) is 57.5 Å². The first-order chi connectivity index (χ1) is 11.1. The highest BCUT2D eigenvalue weighted by Gasteiger charge is 2.25. The lowest BCUT2D eigenvalue weighted by Gasteiger charge is -2.34. The van der Waals surface area contributed by atoms with Crippen molar-refractivity contribution in [3.63, 3.8) is 0 Å². The van der Waals surface area contributed by atoms with Gasteiger partial charge in [0.25, 0.3) is 5.24 Å². The van der Waals surface area contributed by atoms with Crippen LogP contribution in [0.2, 0.25) is 0 Å². The maximum absolute atomic E-state index is 12.3. The molecular weight excluding hydrogens is 316 g/mol. The minimum atomic E-state index is 0.102. The van der Waals surface area contributed by atoms with E-state index in [4.69, 9.17) is 4.52 Å². The Labute approximate surface area is 139 Å². The fourth-order valence-electron chi connectivity index (χ4n) is 2.88. The highest BCUT2D eigenvalue weighted by Crippen LogP contribution is 2.17. The number of rotatable bonds is 5. The van der Waals surface area contributed by atoms with E-state index < -0.39 is 0 Å². The van der Waals surface area contributed by atoms with Gasteiger partial charge in [-0.05, 0) is 6.92 Å². The Balaban J connectivity index is 1.39. The first-order valence-corrected chi connectivity index (χ1v) is 8.94. The van der Waals surface area contributed by atoms with Crippen LogP contribution in [-0.4, -0.2) is 76.0 Å². The molecular formula is C15H22N4O3S. The summed E-state index contributed by atoms with van der Waals surface area (Å²) >= 11 is 1.34. The molecule has 0 radical (unpaired) electrons. The molecule has 7 nitrogen and oxygen atoms in total. The van der Waals surface area contributed by atoms with Gasteiger partial charge in [0.15, 0.2) is 5.76 Å². The minimum Gasteiger partial charge on any atom is -0.360 e. The van der Waals surface area contributed by atoms with Crippen LogP contribution in [0, 0.1) is 6.92 Å². The highest BCUT2D eigenvalue weighted by molar-refractivity contribution is 8.13. The van der Waals surface area contributed by atoms with E-state index in [0.717, 1.165) is 56.5 Å². The molecule has 1 aromatic rings. The van der Waals surface area contributed by atoms with Crippen molar-refractivity contribution in [2.24, 2.45) is 0 Å². The predicted molar refractivity (Wildman–Crippen MR) is 87.1 cm³/mol. The van der Waals surface area contributed by atoms with Crippen LogP contribution in [0.5, 0.6) is 0 Å². The van der Waals surface area contributed by atoms with Gasteiger partial charge in [-0.25, -0.2) is 0 Å². The summed E-state index contributed by atoms with van der Waals surface area (Å²) in [7, 11) is 0. The first-order valence-electron chi connectivity index (χ1n) is 7.96. The maximum atomic E-state index is 12.3. The van der Waals surface area contributed by atoms with Crippen LogP contribution in [0.3, 0.4) is 0 Å². The minimum absolute atomic E-state index is 0.102. The molecule has 2 fully saturated rings. The highest BCUT2D eigenvalue weighted by atomic mass is 32.2. The van der Waals surface area contributed by atoms with Gasteiger partial charge in [-0.3, -0.25) is 14.5 Å². The molecule has 8 heteroatoms. The van der Waals surface area contributed by atoms with Crippen molar-refractivity contribution in [3.05, 3.63) is 17.5 Å². The molecule has 2 aliphatic rings. The third-order valence-corrected chi connectivity index (χ3v) is 5.11. The second-order valence-corrected chi connectivity index (χ2v) is 6.99. The summed E-state index contributed by atoms with van der Waals surface area (Å²) in [5, 5.41) is 4.00. The van der Waals surface area contributed by atoms with Crippen LogP contribution in [0.15, 0.2) is 10.6 Å². The van der Waals surface area contributed by atoms with Gasteiger partial charge in [-0.15, -0.1) is 0 Å². The lowest BCUT2D eigenvalue weighted by Crippen LogP contribution is -2.48. The van der Waals surface area contributed by atoms with Crippen LogP contribution in [-0.2, 0) is 11.3 Å². The summed E-state index contributed by atoms with van der Waals surface area (Å²) in [5.74, 6) is 1.85. The van der Waals surface area contributed by atoms with E-state index in [1.54, 1.807) is 4.90 Å². The first kappa shape index (κ1) is 16.3. The Morgan fingerprint density at radius 3 is 2.70 bits per heavy atom. The monoisotopic (exact) mass is 338 g/mol. The van der Waals surface area contributed by atoms with Crippen LogP contribution < -0.4 is 0 Å². The summed E-state index contributed by atoms with van der Waals surface area (Å²) in [4.78, 5) is 29.7. The van der Waals surface area contributed by atoms with Crippen molar-refractivity contribution < 1.29 is 14.1 Å². The molecule has 3 rings (SSSR count). The Morgan fingerprint density at radius 2 is 2.09 bits per heavy atom. The zero-order chi connectivity index (χ0) is 16.2. The van der Waals surface area contributed by atoms with Gasteiger partial charge in [0.1, 0.15) is 0 Å². The number of hydrogen-bond acceptors (Lipinski definition) is 6. The summed E-state index contributed by atoms with van der Waals surface area (Å²) in [6.45, 7) is 7.09. The summed E-state index contributed by atoms with van der Waals surface area (Å²) in [6, 6.07) is 1.95. The third kappa shape index (κ3) is 4.26. The second kappa shape index (κ2) is 7.35. The van der Waals surface area contributed by atoms with Gasteiger partial charge >= 0.3 is 0 Å². The lowest BCUT2D eigenvalue weighted by molar-refractivity contribution is -0.133. The summed E-state index contributed by atoms with van der Waals surface area (Å²) in [5.41, 5.74) is 0.892. The average molecular weight is 338 g/mol. The van der Waals surface area contributed by atoms with Gasteiger partial charge < -0.3 is 14.3 Å². The molecule has 0 saturated carbocycles. The zero-order valence-electron chi connectivity index (χ0n) is 13.4. The number of aryl methyl sites for hydroxylation is 1. The number of amides is 2. The average Bonchev–Trinajstić information content (AvgIpc) is 3.14. The number of carbonyl (C=O) groups excluding carboxylic acids is 2. The molecule has 0 N–H and O–H groups in total. The molecule has 0 aromatic carbocycles. The zero-order valence-corrected chi connectivity index (χ0v) is 14.2. The molecule has 0 atom stereocenters. The largest absolute Gasteiger partial charge is 0.360 e. The molecule has 0 unspecified atom stereocenters. The number of hydrogen-bond donors (Lipinski definition) is 0. The third-order valence-electron chi connectivity index (χ3n) is 4.22. The molecule has 2 amide bonds. The quantitative estimate of drug-likeness (QED) is 0.803. The van der Waals surface area contributed by atoms with Crippen LogP contribution in [0.1, 0.15) is 17.9 Å². The van der Waals surface area contributed by atoms with E-state index in [-0.39, 0.29) is 11.1 Å². The van der Waals surface area contributed by atoms with Crippen molar-refractivity contribution in [3.8, 4) is 0 Å². The van der Waals surface area contributed by atoms with Crippen molar-refractivity contribution in [1.82, 2.24) is 19.9 Å². The molecule has 23 heavy (non-hydrogen) atoms. The van der Waals surface area contributed by atoms with E-state index in [2.05, 4.69) is 10.1 Å². The van der Waals surface area contributed by atoms with E-state index >= 15 is 0 Å². The molecule has 0 bridgehead atoms. The molecule has 0 spiro atoms. The standard InChI is InChI=1S/C15H22N4O3S/c1-12-10-13(22-16-12)11-17-4-6-18(7-5-17)14(20)2-3-19-8-9-23-15(19)21/h10H,2-9,11H2,1H3. The Bertz CT molecular complexity index is 569. The van der Waals surface area contributed by atoms with Crippen molar-refractivity contribution >= 4 is 22.9 Å². The van der Waals surface area contributed by atoms with E-state index in [0.29, 0.717) is 13.0 Å². The fraction of sp³-hybridized carbons (Fsp3) is 0.667. The van der Waals surface area contributed by atoms with Crippen LogP contribution in [0.4, 0.5) is 4.79 Å². The summed E-state index contributed by atoms with van der Waals surface area (Å²) < 4.78 is 5.24. The molecule has 2 aliphatic heterocycles. The normalized spacial score (nSPS) is 19.6. The molecule has 3 heterocycles. The van der Waals surface area contributed by atoms with E-state index in [1.807, 2.05) is 17.9 Å². The van der Waals surface area contributed by atoms with Crippen LogP contribution >= 0.6 is 11.8 Å². The second-order valence-electron chi connectivity index (χ2n) is 5.94. The summed E-state index contributed by atoms with van der Waals surface area (Å²) in [6.07, 6.45) is 0.424. The number of piperazine rings is 1. The van der Waals surface area contributed by atoms with E-state index in [1.165, 1.54) is 11.8 Å². The topological polar surface area (TPSA) is 69.9 Å². The number of thioether (sulfide) groups is 1.